The largest absolute Gasteiger partial charge is 0.0995 e. The van der Waals surface area contributed by atoms with Crippen molar-refractivity contribution in [3.8, 4) is 0 Å². The smallest absolute Gasteiger partial charge is 0.0620 e. The lowest BCUT2D eigenvalue weighted by molar-refractivity contribution is 0.933. The lowest BCUT2D eigenvalue weighted by atomic mass is 9.97. The van der Waals surface area contributed by atoms with E-state index in [0.717, 1.165) is 0 Å². The zero-order chi connectivity index (χ0) is 18.1. The van der Waals surface area contributed by atoms with Gasteiger partial charge in [0.1, 0.15) is 0 Å². The molecular weight excluding hydrogens is 343 g/mol. The Hall–Kier alpha value is -2.43. The average Bonchev–Trinajstić information content (AvgIpc) is 2.96. The molecule has 0 radical (unpaired) electrons. The monoisotopic (exact) mass is 367 g/mol. The molecule has 0 amide bonds. The van der Waals surface area contributed by atoms with E-state index in [1.165, 1.54) is 35.9 Å². The molecular formula is C26H24P+. The van der Waals surface area contributed by atoms with Crippen LogP contribution in [0.5, 0.6) is 0 Å². The van der Waals surface area contributed by atoms with Gasteiger partial charge in [-0.05, 0) is 53.4 Å². The Morgan fingerprint density at radius 2 is 1.22 bits per heavy atom. The normalized spacial score (nSPS) is 15.9. The van der Waals surface area contributed by atoms with Crippen molar-refractivity contribution in [2.24, 2.45) is 0 Å². The van der Waals surface area contributed by atoms with E-state index >= 15 is 0 Å². The van der Waals surface area contributed by atoms with Crippen LogP contribution in [0, 0.1) is 0 Å². The minimum absolute atomic E-state index is 1.18. The first-order valence-corrected chi connectivity index (χ1v) is 12.0. The third-order valence-corrected chi connectivity index (χ3v) is 10.6. The van der Waals surface area contributed by atoms with E-state index in [1.807, 2.05) is 0 Å². The summed E-state index contributed by atoms with van der Waals surface area (Å²) in [4.78, 5) is 0. The lowest BCUT2D eigenvalue weighted by Crippen LogP contribution is -2.26. The number of rotatable bonds is 2. The molecule has 0 atom stereocenters. The maximum atomic E-state index is 2.38. The topological polar surface area (TPSA) is 0 Å². The minimum Gasteiger partial charge on any atom is -0.0620 e. The second-order valence-electron chi connectivity index (χ2n) is 7.55. The van der Waals surface area contributed by atoms with Crippen LogP contribution in [0.15, 0.2) is 97.1 Å². The molecule has 1 aliphatic rings. The van der Waals surface area contributed by atoms with Crippen molar-refractivity contribution in [3.63, 3.8) is 0 Å². The molecule has 1 heteroatoms. The molecule has 132 valence electrons. The van der Waals surface area contributed by atoms with E-state index in [9.17, 15) is 0 Å². The predicted octanol–water partition coefficient (Wildman–Crippen LogP) is 5.95. The molecule has 0 bridgehead atoms. The molecule has 0 fully saturated rings. The van der Waals surface area contributed by atoms with Crippen LogP contribution in [0.25, 0.3) is 10.8 Å². The van der Waals surface area contributed by atoms with Crippen molar-refractivity contribution in [2.75, 3.05) is 6.16 Å². The van der Waals surface area contributed by atoms with Gasteiger partial charge in [-0.25, -0.2) is 0 Å². The predicted molar refractivity (Wildman–Crippen MR) is 120 cm³/mol. The Bertz CT molecular complexity index is 1030. The second-order valence-corrected chi connectivity index (χ2v) is 11.3. The van der Waals surface area contributed by atoms with Crippen molar-refractivity contribution in [1.29, 1.82) is 0 Å². The minimum atomic E-state index is -1.48. The van der Waals surface area contributed by atoms with E-state index < -0.39 is 7.26 Å². The van der Waals surface area contributed by atoms with Crippen LogP contribution >= 0.6 is 7.26 Å². The van der Waals surface area contributed by atoms with Crippen molar-refractivity contribution < 1.29 is 0 Å². The van der Waals surface area contributed by atoms with Crippen molar-refractivity contribution in [2.45, 2.75) is 19.0 Å². The number of fused-ring (bicyclic) bond motifs is 3. The maximum Gasteiger partial charge on any atom is 0.0995 e. The standard InChI is InChI=1S/C26H24P/c1-3-12-23(13-4-1)27(24-14-5-2-6-15-24)19-9-11-22-18-17-21-10-7-8-16-25(21)26(22)20-27/h1-8,10,12-18H,9,11,19-20H2/q+1. The van der Waals surface area contributed by atoms with Gasteiger partial charge in [-0.15, -0.1) is 0 Å². The Balaban J connectivity index is 1.77. The second kappa shape index (κ2) is 6.95. The van der Waals surface area contributed by atoms with Crippen LogP contribution in [0.2, 0.25) is 0 Å². The number of hydrogen-bond acceptors (Lipinski definition) is 0. The third kappa shape index (κ3) is 2.89. The summed E-state index contributed by atoms with van der Waals surface area (Å²) in [6, 6.07) is 36.3. The van der Waals surface area contributed by atoms with Crippen molar-refractivity contribution in [3.05, 3.63) is 108 Å². The molecule has 5 rings (SSSR count). The first-order valence-electron chi connectivity index (χ1n) is 9.85. The van der Waals surface area contributed by atoms with Gasteiger partial charge >= 0.3 is 0 Å². The summed E-state index contributed by atoms with van der Waals surface area (Å²) in [6.07, 6.45) is 4.94. The van der Waals surface area contributed by atoms with E-state index in [0.29, 0.717) is 0 Å². The van der Waals surface area contributed by atoms with Crippen LogP contribution in [-0.2, 0) is 12.6 Å². The molecule has 0 saturated heterocycles. The molecule has 0 nitrogen and oxygen atoms in total. The highest BCUT2D eigenvalue weighted by Crippen LogP contribution is 2.61. The molecule has 0 aliphatic carbocycles. The van der Waals surface area contributed by atoms with Gasteiger partial charge in [0.2, 0.25) is 0 Å². The van der Waals surface area contributed by atoms with E-state index in [-0.39, 0.29) is 0 Å². The maximum absolute atomic E-state index is 2.38. The summed E-state index contributed by atoms with van der Waals surface area (Å²) < 4.78 is 0. The lowest BCUT2D eigenvalue weighted by Gasteiger charge is -2.27. The molecule has 0 unspecified atom stereocenters. The van der Waals surface area contributed by atoms with Crippen molar-refractivity contribution >= 4 is 28.6 Å². The summed E-state index contributed by atoms with van der Waals surface area (Å²) in [5.41, 5.74) is 3.15. The van der Waals surface area contributed by atoms with Crippen molar-refractivity contribution in [1.82, 2.24) is 0 Å². The number of benzene rings is 4. The van der Waals surface area contributed by atoms with Gasteiger partial charge in [-0.3, -0.25) is 0 Å². The molecule has 4 aromatic rings. The van der Waals surface area contributed by atoms with E-state index in [4.69, 9.17) is 0 Å². The molecule has 0 spiro atoms. The highest BCUT2D eigenvalue weighted by Gasteiger charge is 2.44. The molecule has 4 aromatic carbocycles. The first-order chi connectivity index (χ1) is 13.4. The van der Waals surface area contributed by atoms with Gasteiger partial charge in [0.15, 0.2) is 0 Å². The Morgan fingerprint density at radius 1 is 0.593 bits per heavy atom. The van der Waals surface area contributed by atoms with Gasteiger partial charge in [-0.2, -0.15) is 0 Å². The highest BCUT2D eigenvalue weighted by atomic mass is 31.2. The highest BCUT2D eigenvalue weighted by molar-refractivity contribution is 7.88. The Kier molecular flexibility index (Phi) is 4.30. The van der Waals surface area contributed by atoms with Crippen LogP contribution < -0.4 is 10.6 Å². The first kappa shape index (κ1) is 16.7. The Labute approximate surface area is 162 Å². The zero-order valence-electron chi connectivity index (χ0n) is 15.5. The fourth-order valence-corrected chi connectivity index (χ4v) is 9.14. The number of hydrogen-bond donors (Lipinski definition) is 0. The summed E-state index contributed by atoms with van der Waals surface area (Å²) in [7, 11) is -1.48. The fourth-order valence-electron chi connectivity index (χ4n) is 4.71. The van der Waals surface area contributed by atoms with Gasteiger partial charge in [0.05, 0.1) is 30.2 Å². The molecule has 1 aliphatic heterocycles. The van der Waals surface area contributed by atoms with Gasteiger partial charge < -0.3 is 0 Å². The summed E-state index contributed by atoms with van der Waals surface area (Å²) >= 11 is 0. The quantitative estimate of drug-likeness (QED) is 0.384. The fraction of sp³-hybridized carbons (Fsp3) is 0.154. The zero-order valence-corrected chi connectivity index (χ0v) is 16.4. The van der Waals surface area contributed by atoms with E-state index in [2.05, 4.69) is 97.1 Å². The average molecular weight is 367 g/mol. The van der Waals surface area contributed by atoms with Gasteiger partial charge in [0.25, 0.3) is 0 Å². The summed E-state index contributed by atoms with van der Waals surface area (Å²) in [6.45, 7) is 0. The molecule has 0 saturated carbocycles. The molecule has 0 N–H and O–H groups in total. The van der Waals surface area contributed by atoms with Crippen LogP contribution in [0.4, 0.5) is 0 Å². The third-order valence-electron chi connectivity index (χ3n) is 6.05. The molecule has 27 heavy (non-hydrogen) atoms. The van der Waals surface area contributed by atoms with Crippen LogP contribution in [-0.4, -0.2) is 6.16 Å². The summed E-state index contributed by atoms with van der Waals surface area (Å²) in [5.74, 6) is 0. The number of aryl methyl sites for hydroxylation is 1. The van der Waals surface area contributed by atoms with Gasteiger partial charge in [0, 0.05) is 5.56 Å². The SMILES string of the molecule is c1ccc([P+]2(c3ccccc3)CCCc3ccc4ccccc4c3C2)cc1. The molecule has 1 heterocycles. The van der Waals surface area contributed by atoms with Crippen LogP contribution in [0.1, 0.15) is 17.5 Å². The van der Waals surface area contributed by atoms with Gasteiger partial charge in [-0.1, -0.05) is 72.8 Å². The van der Waals surface area contributed by atoms with E-state index in [1.54, 1.807) is 21.7 Å². The Morgan fingerprint density at radius 3 is 1.93 bits per heavy atom. The summed E-state index contributed by atoms with van der Waals surface area (Å²) in [5, 5.41) is 5.93. The van der Waals surface area contributed by atoms with Crippen LogP contribution in [0.3, 0.4) is 0 Å². The molecule has 0 aromatic heterocycles.